The number of ether oxygens (including phenoxy) is 1. The van der Waals surface area contributed by atoms with Gasteiger partial charge in [0, 0.05) is 13.1 Å². The highest BCUT2D eigenvalue weighted by Crippen LogP contribution is 2.23. The highest BCUT2D eigenvalue weighted by atomic mass is 35.5. The zero-order chi connectivity index (χ0) is 16.8. The van der Waals surface area contributed by atoms with Crippen LogP contribution in [0.2, 0.25) is 5.02 Å². The highest BCUT2D eigenvalue weighted by Gasteiger charge is 2.12. The van der Waals surface area contributed by atoms with Gasteiger partial charge in [0.15, 0.2) is 11.6 Å². The zero-order valence-corrected chi connectivity index (χ0v) is 13.4. The summed E-state index contributed by atoms with van der Waals surface area (Å²) in [7, 11) is 1.78. The second kappa shape index (κ2) is 8.24. The van der Waals surface area contributed by atoms with Crippen LogP contribution in [-0.2, 0) is 6.54 Å². The van der Waals surface area contributed by atoms with E-state index < -0.39 is 17.7 Å². The minimum Gasteiger partial charge on any atom is -0.489 e. The van der Waals surface area contributed by atoms with Crippen molar-refractivity contribution in [2.75, 3.05) is 20.2 Å². The maximum atomic E-state index is 13.2. The predicted molar refractivity (Wildman–Crippen MR) is 85.6 cm³/mol. The van der Waals surface area contributed by atoms with E-state index in [0.717, 1.165) is 12.1 Å². The van der Waals surface area contributed by atoms with Gasteiger partial charge in [-0.2, -0.15) is 0 Å². The molecule has 0 aliphatic carbocycles. The van der Waals surface area contributed by atoms with Crippen molar-refractivity contribution in [3.63, 3.8) is 0 Å². The Balaban J connectivity index is 1.81. The first-order chi connectivity index (χ1) is 11.0. The summed E-state index contributed by atoms with van der Waals surface area (Å²) in [5.74, 6) is -1.24. The van der Waals surface area contributed by atoms with E-state index in [2.05, 4.69) is 0 Å². The third kappa shape index (κ3) is 5.46. The molecule has 0 aliphatic rings. The van der Waals surface area contributed by atoms with Gasteiger partial charge in [-0.25, -0.2) is 8.78 Å². The van der Waals surface area contributed by atoms with Crippen molar-refractivity contribution < 1.29 is 18.6 Å². The lowest BCUT2D eigenvalue weighted by atomic mass is 10.2. The van der Waals surface area contributed by atoms with Crippen molar-refractivity contribution in [2.24, 2.45) is 0 Å². The Bertz CT molecular complexity index is 654. The molecular weight excluding hydrogens is 324 g/mol. The molecule has 0 saturated heterocycles. The summed E-state index contributed by atoms with van der Waals surface area (Å²) in [6.45, 7) is 0.801. The number of likely N-dealkylation sites (N-methyl/N-ethyl adjacent to an activating group) is 1. The largest absolute Gasteiger partial charge is 0.489 e. The fourth-order valence-corrected chi connectivity index (χ4v) is 2.36. The van der Waals surface area contributed by atoms with Gasteiger partial charge < -0.3 is 9.84 Å². The van der Waals surface area contributed by atoms with Gasteiger partial charge in [-0.1, -0.05) is 29.8 Å². The summed E-state index contributed by atoms with van der Waals surface area (Å²) in [5, 5.41) is 10.5. The second-order valence-corrected chi connectivity index (χ2v) is 5.75. The van der Waals surface area contributed by atoms with Crippen molar-refractivity contribution >= 4 is 11.6 Å². The summed E-state index contributed by atoms with van der Waals surface area (Å²) in [6.07, 6.45) is -0.735. The van der Waals surface area contributed by atoms with Crippen molar-refractivity contribution in [3.05, 3.63) is 64.7 Å². The minimum atomic E-state index is -0.876. The summed E-state index contributed by atoms with van der Waals surface area (Å²) in [6, 6.07) is 10.8. The van der Waals surface area contributed by atoms with Crippen LogP contribution in [0.15, 0.2) is 42.5 Å². The van der Waals surface area contributed by atoms with Crippen LogP contribution >= 0.6 is 11.6 Å². The molecule has 2 aromatic rings. The first-order valence-corrected chi connectivity index (χ1v) is 7.51. The van der Waals surface area contributed by atoms with Crippen molar-refractivity contribution in [1.82, 2.24) is 4.90 Å². The summed E-state index contributed by atoms with van der Waals surface area (Å²) >= 11 is 5.97. The maximum absolute atomic E-state index is 13.2. The first kappa shape index (κ1) is 17.7. The van der Waals surface area contributed by atoms with Gasteiger partial charge in [0.05, 0.1) is 5.02 Å². The van der Waals surface area contributed by atoms with Gasteiger partial charge in [-0.05, 0) is 36.9 Å². The van der Waals surface area contributed by atoms with Gasteiger partial charge in [0.2, 0.25) is 0 Å². The number of hydrogen-bond donors (Lipinski definition) is 1. The van der Waals surface area contributed by atoms with E-state index in [1.54, 1.807) is 36.2 Å². The lowest BCUT2D eigenvalue weighted by molar-refractivity contribution is 0.0744. The van der Waals surface area contributed by atoms with E-state index in [0.29, 0.717) is 29.4 Å². The molecule has 2 aromatic carbocycles. The fraction of sp³-hybridized carbons (Fsp3) is 0.294. The Hall–Kier alpha value is -1.69. The van der Waals surface area contributed by atoms with Crippen molar-refractivity contribution in [3.8, 4) is 5.75 Å². The van der Waals surface area contributed by atoms with Crippen molar-refractivity contribution in [1.29, 1.82) is 0 Å². The SMILES string of the molecule is CN(Cc1ccc(F)c(F)c1)CC(O)COc1ccccc1Cl. The topological polar surface area (TPSA) is 32.7 Å². The second-order valence-electron chi connectivity index (χ2n) is 5.34. The van der Waals surface area contributed by atoms with Crippen LogP contribution in [0, 0.1) is 11.6 Å². The quantitative estimate of drug-likeness (QED) is 0.836. The molecule has 0 spiro atoms. The van der Waals surface area contributed by atoms with Crippen LogP contribution in [-0.4, -0.2) is 36.3 Å². The Kier molecular flexibility index (Phi) is 6.33. The Morgan fingerprint density at radius 3 is 2.61 bits per heavy atom. The van der Waals surface area contributed by atoms with Crippen LogP contribution in [0.4, 0.5) is 8.78 Å². The van der Waals surface area contributed by atoms with Crippen LogP contribution in [0.3, 0.4) is 0 Å². The molecule has 0 fully saturated rings. The molecule has 0 radical (unpaired) electrons. The summed E-state index contributed by atoms with van der Waals surface area (Å²) < 4.78 is 31.5. The van der Waals surface area contributed by atoms with E-state index in [-0.39, 0.29) is 6.61 Å². The van der Waals surface area contributed by atoms with Gasteiger partial charge in [-0.3, -0.25) is 4.90 Å². The molecule has 0 amide bonds. The van der Waals surface area contributed by atoms with E-state index in [1.807, 2.05) is 0 Å². The van der Waals surface area contributed by atoms with Gasteiger partial charge in [0.25, 0.3) is 0 Å². The van der Waals surface area contributed by atoms with Gasteiger partial charge in [0.1, 0.15) is 18.5 Å². The summed E-state index contributed by atoms with van der Waals surface area (Å²) in [4.78, 5) is 1.80. The molecule has 23 heavy (non-hydrogen) atoms. The third-order valence-corrected chi connectivity index (χ3v) is 3.54. The molecule has 0 heterocycles. The molecular formula is C17H18ClF2NO2. The molecule has 0 saturated carbocycles. The number of rotatable bonds is 7. The number of para-hydroxylation sites is 1. The normalized spacial score (nSPS) is 12.4. The number of aliphatic hydroxyl groups is 1. The molecule has 2 rings (SSSR count). The highest BCUT2D eigenvalue weighted by molar-refractivity contribution is 6.32. The standard InChI is InChI=1S/C17H18ClF2NO2/c1-21(9-12-6-7-15(19)16(20)8-12)10-13(22)11-23-17-5-3-2-4-14(17)18/h2-8,13,22H,9-11H2,1H3. The molecule has 0 aliphatic heterocycles. The molecule has 1 atom stereocenters. The Morgan fingerprint density at radius 2 is 1.91 bits per heavy atom. The third-order valence-electron chi connectivity index (χ3n) is 3.23. The predicted octanol–water partition coefficient (Wildman–Crippen LogP) is 3.49. The number of hydrogen-bond acceptors (Lipinski definition) is 3. The zero-order valence-electron chi connectivity index (χ0n) is 12.7. The molecule has 0 aromatic heterocycles. The Labute approximate surface area is 139 Å². The minimum absolute atomic E-state index is 0.0891. The van der Waals surface area contributed by atoms with E-state index in [9.17, 15) is 13.9 Å². The lowest BCUT2D eigenvalue weighted by Crippen LogP contribution is -2.32. The average Bonchev–Trinajstić information content (AvgIpc) is 2.50. The number of aliphatic hydroxyl groups excluding tert-OH is 1. The fourth-order valence-electron chi connectivity index (χ4n) is 2.17. The molecule has 124 valence electrons. The van der Waals surface area contributed by atoms with Crippen molar-refractivity contribution in [2.45, 2.75) is 12.6 Å². The number of nitrogens with zero attached hydrogens (tertiary/aromatic N) is 1. The van der Waals surface area contributed by atoms with Gasteiger partial charge in [-0.15, -0.1) is 0 Å². The number of benzene rings is 2. The van der Waals surface area contributed by atoms with E-state index in [4.69, 9.17) is 16.3 Å². The van der Waals surface area contributed by atoms with E-state index >= 15 is 0 Å². The average molecular weight is 342 g/mol. The van der Waals surface area contributed by atoms with E-state index in [1.165, 1.54) is 6.07 Å². The van der Waals surface area contributed by atoms with Gasteiger partial charge >= 0.3 is 0 Å². The van der Waals surface area contributed by atoms with Crippen LogP contribution in [0.25, 0.3) is 0 Å². The first-order valence-electron chi connectivity index (χ1n) is 7.13. The van der Waals surface area contributed by atoms with Crippen LogP contribution < -0.4 is 4.74 Å². The molecule has 0 bridgehead atoms. The molecule has 1 unspecified atom stereocenters. The maximum Gasteiger partial charge on any atom is 0.159 e. The van der Waals surface area contributed by atoms with Crippen LogP contribution in [0.1, 0.15) is 5.56 Å². The Morgan fingerprint density at radius 1 is 1.17 bits per heavy atom. The number of halogens is 3. The summed E-state index contributed by atoms with van der Waals surface area (Å²) in [5.41, 5.74) is 0.630. The lowest BCUT2D eigenvalue weighted by Gasteiger charge is -2.21. The van der Waals surface area contributed by atoms with Crippen LogP contribution in [0.5, 0.6) is 5.75 Å². The molecule has 3 nitrogen and oxygen atoms in total. The smallest absolute Gasteiger partial charge is 0.159 e. The molecule has 6 heteroatoms. The monoisotopic (exact) mass is 341 g/mol. The molecule has 1 N–H and O–H groups in total.